The zero-order chi connectivity index (χ0) is 13.0. The molecule has 4 heteroatoms. The molecular weight excluding hydrogens is 226 g/mol. The number of benzene rings is 1. The first kappa shape index (κ1) is 12.6. The molecule has 96 valence electrons. The number of nitrogens with zero attached hydrogens (tertiary/aromatic N) is 1. The quantitative estimate of drug-likeness (QED) is 0.859. The van der Waals surface area contributed by atoms with E-state index in [-0.39, 0.29) is 0 Å². The lowest BCUT2D eigenvalue weighted by Crippen LogP contribution is -2.32. The summed E-state index contributed by atoms with van der Waals surface area (Å²) in [5, 5.41) is 11.1. The Kier molecular flexibility index (Phi) is 3.99. The Morgan fingerprint density at radius 1 is 1.33 bits per heavy atom. The van der Waals surface area contributed by atoms with E-state index in [1.807, 2.05) is 30.5 Å². The van der Waals surface area contributed by atoms with Gasteiger partial charge in [0, 0.05) is 42.7 Å². The van der Waals surface area contributed by atoms with Crippen molar-refractivity contribution in [3.63, 3.8) is 0 Å². The topological polar surface area (TPSA) is 48.4 Å². The molecule has 0 atom stereocenters. The number of ether oxygens (including phenoxy) is 1. The molecule has 0 unspecified atom stereocenters. The lowest BCUT2D eigenvalue weighted by molar-refractivity contribution is 0.364. The van der Waals surface area contributed by atoms with Crippen molar-refractivity contribution in [2.75, 3.05) is 32.6 Å². The minimum atomic E-state index is 0.731. The third kappa shape index (κ3) is 3.11. The summed E-state index contributed by atoms with van der Waals surface area (Å²) in [5.74, 6) is 0.846. The molecule has 1 aliphatic rings. The minimum absolute atomic E-state index is 0.731. The summed E-state index contributed by atoms with van der Waals surface area (Å²) in [6, 6.07) is 7.76. The van der Waals surface area contributed by atoms with E-state index in [4.69, 9.17) is 10.1 Å². The van der Waals surface area contributed by atoms with E-state index in [9.17, 15) is 0 Å². The molecule has 0 aliphatic carbocycles. The standard InChI is InChI=1S/C14H19N3O/c1-17-8-7-14(15)11(10-17)9-16-12-3-5-13(18-2)6-4-12/h3-6,9,15-16H,7-8,10H2,1-2H3/b11-9-,15-14?. The minimum Gasteiger partial charge on any atom is -0.497 e. The van der Waals surface area contributed by atoms with Crippen LogP contribution in [0.2, 0.25) is 0 Å². The highest BCUT2D eigenvalue weighted by Gasteiger charge is 2.15. The zero-order valence-electron chi connectivity index (χ0n) is 10.9. The van der Waals surface area contributed by atoms with Gasteiger partial charge in [0.2, 0.25) is 0 Å². The number of nitrogens with one attached hydrogen (secondary N) is 2. The molecule has 0 saturated carbocycles. The molecule has 1 aromatic carbocycles. The smallest absolute Gasteiger partial charge is 0.119 e. The van der Waals surface area contributed by atoms with Crippen LogP contribution < -0.4 is 10.1 Å². The molecule has 1 aliphatic heterocycles. The van der Waals surface area contributed by atoms with Crippen LogP contribution in [0.15, 0.2) is 36.0 Å². The predicted molar refractivity (Wildman–Crippen MR) is 74.5 cm³/mol. The predicted octanol–water partition coefficient (Wildman–Crippen LogP) is 2.35. The van der Waals surface area contributed by atoms with Crippen LogP contribution in [0.1, 0.15) is 6.42 Å². The normalized spacial score (nSPS) is 19.0. The van der Waals surface area contributed by atoms with Gasteiger partial charge in [-0.05, 0) is 31.3 Å². The summed E-state index contributed by atoms with van der Waals surface area (Å²) in [4.78, 5) is 2.22. The SMILES string of the molecule is COc1ccc(N/C=C2/CN(C)CCC2=N)cc1. The average molecular weight is 245 g/mol. The molecule has 1 fully saturated rings. The maximum absolute atomic E-state index is 7.91. The Morgan fingerprint density at radius 2 is 2.06 bits per heavy atom. The average Bonchev–Trinajstić information content (AvgIpc) is 2.40. The second-order valence-electron chi connectivity index (χ2n) is 4.51. The molecule has 0 bridgehead atoms. The Labute approximate surface area is 108 Å². The van der Waals surface area contributed by atoms with E-state index in [1.54, 1.807) is 7.11 Å². The summed E-state index contributed by atoms with van der Waals surface area (Å²) in [6.45, 7) is 1.81. The first-order chi connectivity index (χ1) is 8.69. The second-order valence-corrected chi connectivity index (χ2v) is 4.51. The molecule has 2 rings (SSSR count). The number of methoxy groups -OCH3 is 1. The molecule has 1 saturated heterocycles. The van der Waals surface area contributed by atoms with Crippen molar-refractivity contribution >= 4 is 11.4 Å². The van der Waals surface area contributed by atoms with E-state index < -0.39 is 0 Å². The van der Waals surface area contributed by atoms with Gasteiger partial charge in [0.15, 0.2) is 0 Å². The molecular formula is C14H19N3O. The monoisotopic (exact) mass is 245 g/mol. The Balaban J connectivity index is 2.02. The number of anilines is 1. The third-order valence-corrected chi connectivity index (χ3v) is 3.07. The highest BCUT2D eigenvalue weighted by Crippen LogP contribution is 2.16. The van der Waals surface area contributed by atoms with Crippen molar-refractivity contribution in [2.45, 2.75) is 6.42 Å². The van der Waals surface area contributed by atoms with Gasteiger partial charge in [-0.2, -0.15) is 0 Å². The van der Waals surface area contributed by atoms with Gasteiger partial charge in [0.05, 0.1) is 7.11 Å². The third-order valence-electron chi connectivity index (χ3n) is 3.07. The fraction of sp³-hybridized carbons (Fsp3) is 0.357. The molecule has 1 heterocycles. The number of piperidine rings is 1. The number of hydrogen-bond acceptors (Lipinski definition) is 4. The van der Waals surface area contributed by atoms with Crippen molar-refractivity contribution in [3.05, 3.63) is 36.0 Å². The number of hydrogen-bond donors (Lipinski definition) is 2. The zero-order valence-corrected chi connectivity index (χ0v) is 10.9. The van der Waals surface area contributed by atoms with E-state index in [0.29, 0.717) is 0 Å². The largest absolute Gasteiger partial charge is 0.497 e. The summed E-state index contributed by atoms with van der Waals surface area (Å²) >= 11 is 0. The van der Waals surface area contributed by atoms with Gasteiger partial charge in [-0.25, -0.2) is 0 Å². The highest BCUT2D eigenvalue weighted by atomic mass is 16.5. The van der Waals surface area contributed by atoms with E-state index in [0.717, 1.165) is 42.2 Å². The van der Waals surface area contributed by atoms with Crippen molar-refractivity contribution in [2.24, 2.45) is 0 Å². The lowest BCUT2D eigenvalue weighted by atomic mass is 10.0. The molecule has 2 N–H and O–H groups in total. The van der Waals surface area contributed by atoms with Crippen molar-refractivity contribution in [3.8, 4) is 5.75 Å². The van der Waals surface area contributed by atoms with Gasteiger partial charge in [-0.3, -0.25) is 0 Å². The number of rotatable bonds is 3. The van der Waals surface area contributed by atoms with Gasteiger partial charge >= 0.3 is 0 Å². The van der Waals surface area contributed by atoms with E-state index in [2.05, 4.69) is 17.3 Å². The van der Waals surface area contributed by atoms with Crippen LogP contribution >= 0.6 is 0 Å². The molecule has 18 heavy (non-hydrogen) atoms. The lowest BCUT2D eigenvalue weighted by Gasteiger charge is -2.25. The fourth-order valence-corrected chi connectivity index (χ4v) is 1.92. The fourth-order valence-electron chi connectivity index (χ4n) is 1.92. The molecule has 0 spiro atoms. The molecule has 4 nitrogen and oxygen atoms in total. The molecule has 0 radical (unpaired) electrons. The van der Waals surface area contributed by atoms with Crippen LogP contribution in [0.3, 0.4) is 0 Å². The number of likely N-dealkylation sites (N-methyl/N-ethyl adjacent to an activating group) is 1. The first-order valence-corrected chi connectivity index (χ1v) is 6.05. The Hall–Kier alpha value is -1.81. The van der Waals surface area contributed by atoms with E-state index in [1.165, 1.54) is 0 Å². The Morgan fingerprint density at radius 3 is 2.72 bits per heavy atom. The van der Waals surface area contributed by atoms with Crippen LogP contribution in [0.5, 0.6) is 5.75 Å². The Bertz CT molecular complexity index is 451. The summed E-state index contributed by atoms with van der Waals surface area (Å²) in [6.07, 6.45) is 2.76. The summed E-state index contributed by atoms with van der Waals surface area (Å²) in [7, 11) is 3.73. The molecule has 0 amide bonds. The van der Waals surface area contributed by atoms with Crippen LogP contribution in [0.25, 0.3) is 0 Å². The van der Waals surface area contributed by atoms with Crippen LogP contribution in [0.4, 0.5) is 5.69 Å². The van der Waals surface area contributed by atoms with Crippen LogP contribution in [0, 0.1) is 5.41 Å². The highest BCUT2D eigenvalue weighted by molar-refractivity contribution is 5.99. The van der Waals surface area contributed by atoms with Gasteiger partial charge in [-0.15, -0.1) is 0 Å². The van der Waals surface area contributed by atoms with Crippen molar-refractivity contribution in [1.29, 1.82) is 5.41 Å². The molecule has 1 aromatic rings. The maximum Gasteiger partial charge on any atom is 0.119 e. The summed E-state index contributed by atoms with van der Waals surface area (Å²) in [5.41, 5.74) is 2.79. The van der Waals surface area contributed by atoms with Gasteiger partial charge in [0.1, 0.15) is 5.75 Å². The van der Waals surface area contributed by atoms with E-state index >= 15 is 0 Å². The molecule has 0 aromatic heterocycles. The summed E-state index contributed by atoms with van der Waals surface area (Å²) < 4.78 is 5.11. The first-order valence-electron chi connectivity index (χ1n) is 6.05. The second kappa shape index (κ2) is 5.69. The van der Waals surface area contributed by atoms with Crippen LogP contribution in [-0.4, -0.2) is 37.9 Å². The van der Waals surface area contributed by atoms with Gasteiger partial charge < -0.3 is 20.4 Å². The maximum atomic E-state index is 7.91. The number of likely N-dealkylation sites (tertiary alicyclic amines) is 1. The van der Waals surface area contributed by atoms with Gasteiger partial charge in [-0.1, -0.05) is 0 Å². The van der Waals surface area contributed by atoms with Crippen molar-refractivity contribution in [1.82, 2.24) is 4.90 Å². The van der Waals surface area contributed by atoms with Crippen molar-refractivity contribution < 1.29 is 4.74 Å². The van der Waals surface area contributed by atoms with Crippen LogP contribution in [-0.2, 0) is 0 Å². The van der Waals surface area contributed by atoms with Gasteiger partial charge in [0.25, 0.3) is 0 Å².